The lowest BCUT2D eigenvalue weighted by molar-refractivity contribution is 0.196. The third kappa shape index (κ3) is 3.46. The summed E-state index contributed by atoms with van der Waals surface area (Å²) in [6, 6.07) is 16.7. The average Bonchev–Trinajstić information content (AvgIpc) is 2.59. The van der Waals surface area contributed by atoms with Crippen LogP contribution in [0.4, 0.5) is 0 Å². The van der Waals surface area contributed by atoms with Crippen LogP contribution in [0.25, 0.3) is 10.9 Å². The van der Waals surface area contributed by atoms with Crippen molar-refractivity contribution in [1.29, 1.82) is 0 Å². The van der Waals surface area contributed by atoms with Gasteiger partial charge in [-0.2, -0.15) is 0 Å². The van der Waals surface area contributed by atoms with E-state index in [4.69, 9.17) is 4.74 Å². The van der Waals surface area contributed by atoms with Crippen LogP contribution in [0.2, 0.25) is 0 Å². The minimum Gasteiger partial charge on any atom is -0.486 e. The van der Waals surface area contributed by atoms with Crippen molar-refractivity contribution >= 4 is 26.8 Å². The van der Waals surface area contributed by atoms with Gasteiger partial charge in [0.15, 0.2) is 0 Å². The molecule has 0 aliphatic rings. The molecule has 0 fully saturated rings. The summed E-state index contributed by atoms with van der Waals surface area (Å²) in [5.74, 6) is 0.510. The molecule has 118 valence electrons. The molecule has 4 nitrogen and oxygen atoms in total. The Hall–Kier alpha value is -2.11. The third-order valence-electron chi connectivity index (χ3n) is 3.61. The molecule has 1 heterocycles. The molecule has 1 atom stereocenters. The smallest absolute Gasteiger partial charge is 0.248 e. The Labute approximate surface area is 141 Å². The summed E-state index contributed by atoms with van der Waals surface area (Å²) in [7, 11) is 0. The molecule has 2 aromatic carbocycles. The number of pyridine rings is 1. The number of fused-ring (bicyclic) bond motifs is 1. The van der Waals surface area contributed by atoms with E-state index in [0.29, 0.717) is 28.8 Å². The zero-order valence-electron chi connectivity index (χ0n) is 12.3. The molecule has 3 rings (SSSR count). The molecule has 0 amide bonds. The van der Waals surface area contributed by atoms with Gasteiger partial charge in [0.25, 0.3) is 0 Å². The molecule has 0 bridgehead atoms. The number of nitrogens with one attached hydrogen (secondary N) is 1. The van der Waals surface area contributed by atoms with Crippen LogP contribution >= 0.6 is 15.9 Å². The molecule has 0 unspecified atom stereocenters. The van der Waals surface area contributed by atoms with Crippen LogP contribution < -0.4 is 10.3 Å². The Morgan fingerprint density at radius 1 is 1.09 bits per heavy atom. The van der Waals surface area contributed by atoms with E-state index in [1.54, 1.807) is 6.07 Å². The van der Waals surface area contributed by atoms with Crippen molar-refractivity contribution in [2.45, 2.75) is 12.7 Å². The summed E-state index contributed by atoms with van der Waals surface area (Å²) in [6.07, 6.45) is -0.714. The Bertz CT molecular complexity index is 861. The maximum Gasteiger partial charge on any atom is 0.248 e. The second-order valence-electron chi connectivity index (χ2n) is 5.22. The van der Waals surface area contributed by atoms with Gasteiger partial charge in [0, 0.05) is 22.3 Å². The lowest BCUT2D eigenvalue weighted by Gasteiger charge is -2.17. The molecule has 1 aromatic heterocycles. The predicted octanol–water partition coefficient (Wildman–Crippen LogP) is 3.54. The first-order valence-electron chi connectivity index (χ1n) is 7.25. The maximum absolute atomic E-state index is 11.7. The van der Waals surface area contributed by atoms with E-state index < -0.39 is 6.10 Å². The fraction of sp³-hybridized carbons (Fsp3) is 0.167. The number of halogens is 1. The Balaban J connectivity index is 2.06. The fourth-order valence-corrected chi connectivity index (χ4v) is 2.79. The number of aliphatic hydroxyl groups is 1. The van der Waals surface area contributed by atoms with Crippen molar-refractivity contribution in [3.63, 3.8) is 0 Å². The van der Waals surface area contributed by atoms with E-state index >= 15 is 0 Å². The second-order valence-corrected chi connectivity index (χ2v) is 5.86. The SMILES string of the molecule is O=c1ccc2ccc([C@@H](O)CBr)c(OCc3ccccc3)c2[nH]1. The van der Waals surface area contributed by atoms with E-state index in [1.807, 2.05) is 42.5 Å². The minimum absolute atomic E-state index is 0.201. The molecule has 5 heteroatoms. The largest absolute Gasteiger partial charge is 0.486 e. The monoisotopic (exact) mass is 373 g/mol. The zero-order valence-corrected chi connectivity index (χ0v) is 13.9. The summed E-state index contributed by atoms with van der Waals surface area (Å²) in [6.45, 7) is 0.360. The number of benzene rings is 2. The Morgan fingerprint density at radius 3 is 2.57 bits per heavy atom. The van der Waals surface area contributed by atoms with Crippen LogP contribution in [0.15, 0.2) is 59.4 Å². The highest BCUT2D eigenvalue weighted by Gasteiger charge is 2.16. The van der Waals surface area contributed by atoms with Crippen LogP contribution in [0.1, 0.15) is 17.2 Å². The highest BCUT2D eigenvalue weighted by Crippen LogP contribution is 2.33. The van der Waals surface area contributed by atoms with Crippen molar-refractivity contribution in [3.8, 4) is 5.75 Å². The first-order valence-corrected chi connectivity index (χ1v) is 8.38. The van der Waals surface area contributed by atoms with Gasteiger partial charge in [-0.25, -0.2) is 0 Å². The molecule has 0 aliphatic heterocycles. The number of hydrogen-bond acceptors (Lipinski definition) is 3. The zero-order chi connectivity index (χ0) is 16.2. The summed E-state index contributed by atoms with van der Waals surface area (Å²) in [5, 5.41) is 11.5. The number of H-pyrrole nitrogens is 1. The van der Waals surface area contributed by atoms with E-state index in [0.717, 1.165) is 10.9 Å². The van der Waals surface area contributed by atoms with Crippen molar-refractivity contribution < 1.29 is 9.84 Å². The molecule has 0 radical (unpaired) electrons. The van der Waals surface area contributed by atoms with Gasteiger partial charge in [0.2, 0.25) is 5.56 Å². The van der Waals surface area contributed by atoms with Crippen LogP contribution in [0.3, 0.4) is 0 Å². The standard InChI is InChI=1S/C18H16BrNO3/c19-10-15(21)14-8-6-13-7-9-16(22)20-17(13)18(14)23-11-12-4-2-1-3-5-12/h1-9,15,21H,10-11H2,(H,20,22)/t15-/m0/s1. The second kappa shape index (κ2) is 6.98. The maximum atomic E-state index is 11.7. The molecule has 3 aromatic rings. The van der Waals surface area contributed by atoms with Crippen LogP contribution in [0, 0.1) is 0 Å². The van der Waals surface area contributed by atoms with Gasteiger partial charge in [0.1, 0.15) is 12.4 Å². The summed E-state index contributed by atoms with van der Waals surface area (Å²) in [5.41, 5.74) is 2.06. The Kier molecular flexibility index (Phi) is 4.79. The lowest BCUT2D eigenvalue weighted by atomic mass is 10.1. The number of rotatable bonds is 5. The van der Waals surface area contributed by atoms with Crippen molar-refractivity contribution in [2.75, 3.05) is 5.33 Å². The summed E-state index contributed by atoms with van der Waals surface area (Å²) >= 11 is 3.28. The third-order valence-corrected chi connectivity index (χ3v) is 4.23. The van der Waals surface area contributed by atoms with Crippen LogP contribution in [-0.2, 0) is 6.61 Å². The normalized spacial score (nSPS) is 12.3. The van der Waals surface area contributed by atoms with Gasteiger partial charge in [-0.05, 0) is 11.6 Å². The molecule has 2 N–H and O–H groups in total. The van der Waals surface area contributed by atoms with E-state index in [-0.39, 0.29) is 5.56 Å². The first-order chi connectivity index (χ1) is 11.2. The molecular formula is C18H16BrNO3. The fourth-order valence-electron chi connectivity index (χ4n) is 2.44. The Morgan fingerprint density at radius 2 is 1.83 bits per heavy atom. The molecule has 0 aliphatic carbocycles. The highest BCUT2D eigenvalue weighted by atomic mass is 79.9. The average molecular weight is 374 g/mol. The van der Waals surface area contributed by atoms with E-state index in [9.17, 15) is 9.90 Å². The summed E-state index contributed by atoms with van der Waals surface area (Å²) < 4.78 is 5.96. The van der Waals surface area contributed by atoms with E-state index in [1.165, 1.54) is 6.07 Å². The number of hydrogen-bond donors (Lipinski definition) is 2. The van der Waals surface area contributed by atoms with Crippen LogP contribution in [0.5, 0.6) is 5.75 Å². The number of aromatic amines is 1. The molecular weight excluding hydrogens is 358 g/mol. The minimum atomic E-state index is -0.714. The van der Waals surface area contributed by atoms with Crippen LogP contribution in [-0.4, -0.2) is 15.4 Å². The van der Waals surface area contributed by atoms with Gasteiger partial charge in [-0.15, -0.1) is 0 Å². The molecule has 0 saturated carbocycles. The molecule has 0 spiro atoms. The topological polar surface area (TPSA) is 62.3 Å². The quantitative estimate of drug-likeness (QED) is 0.672. The molecule has 23 heavy (non-hydrogen) atoms. The number of ether oxygens (including phenoxy) is 1. The van der Waals surface area contributed by atoms with Gasteiger partial charge in [0.05, 0.1) is 11.6 Å². The molecule has 0 saturated heterocycles. The number of aromatic nitrogens is 1. The van der Waals surface area contributed by atoms with Gasteiger partial charge >= 0.3 is 0 Å². The van der Waals surface area contributed by atoms with Crippen molar-refractivity contribution in [3.05, 3.63) is 76.1 Å². The summed E-state index contributed by atoms with van der Waals surface area (Å²) in [4.78, 5) is 14.5. The van der Waals surface area contributed by atoms with Gasteiger partial charge in [-0.1, -0.05) is 58.4 Å². The van der Waals surface area contributed by atoms with Gasteiger partial charge < -0.3 is 14.8 Å². The van der Waals surface area contributed by atoms with Gasteiger partial charge in [-0.3, -0.25) is 4.79 Å². The highest BCUT2D eigenvalue weighted by molar-refractivity contribution is 9.09. The number of aliphatic hydroxyl groups excluding tert-OH is 1. The predicted molar refractivity (Wildman–Crippen MR) is 94.1 cm³/mol. The number of alkyl halides is 1. The van der Waals surface area contributed by atoms with E-state index in [2.05, 4.69) is 20.9 Å². The van der Waals surface area contributed by atoms with Crippen molar-refractivity contribution in [2.24, 2.45) is 0 Å². The van der Waals surface area contributed by atoms with Crippen molar-refractivity contribution in [1.82, 2.24) is 4.98 Å². The lowest BCUT2D eigenvalue weighted by Crippen LogP contribution is -2.08. The first kappa shape index (κ1) is 15.8.